The Labute approximate surface area is 98.4 Å². The topological polar surface area (TPSA) is 26.3 Å². The second kappa shape index (κ2) is 4.93. The van der Waals surface area contributed by atoms with E-state index < -0.39 is 5.82 Å². The summed E-state index contributed by atoms with van der Waals surface area (Å²) in [5.41, 5.74) is 0.554. The maximum atomic E-state index is 13.1. The highest BCUT2D eigenvalue weighted by Gasteiger charge is 2.24. The Morgan fingerprint density at radius 2 is 2.38 bits per heavy atom. The summed E-state index contributed by atoms with van der Waals surface area (Å²) in [5, 5.41) is 0.0507. The van der Waals surface area contributed by atoms with Crippen LogP contribution in [0.15, 0.2) is 18.2 Å². The van der Waals surface area contributed by atoms with Crippen molar-refractivity contribution in [2.45, 2.75) is 12.8 Å². The fraction of sp³-hybridized carbons (Fsp3) is 0.417. The third-order valence-corrected chi connectivity index (χ3v) is 3.20. The minimum absolute atomic E-state index is 0.0507. The molecule has 1 atom stereocenters. The van der Waals surface area contributed by atoms with Crippen LogP contribution in [0.4, 0.5) is 4.39 Å². The second-order valence-corrected chi connectivity index (χ2v) is 4.29. The van der Waals surface area contributed by atoms with Crippen molar-refractivity contribution < 1.29 is 13.9 Å². The second-order valence-electron chi connectivity index (χ2n) is 3.92. The number of ether oxygens (including phenoxy) is 1. The van der Waals surface area contributed by atoms with Gasteiger partial charge in [-0.25, -0.2) is 4.39 Å². The third-order valence-electron chi connectivity index (χ3n) is 2.78. The van der Waals surface area contributed by atoms with Gasteiger partial charge in [0.15, 0.2) is 0 Å². The molecule has 4 heteroatoms. The number of carbonyl (C=O) groups is 1. The maximum Gasteiger partial charge on any atom is 0.142 e. The van der Waals surface area contributed by atoms with E-state index in [0.717, 1.165) is 6.42 Å². The lowest BCUT2D eigenvalue weighted by Crippen LogP contribution is -2.17. The quantitative estimate of drug-likeness (QED) is 0.815. The van der Waals surface area contributed by atoms with Gasteiger partial charge in [-0.3, -0.25) is 4.79 Å². The van der Waals surface area contributed by atoms with Gasteiger partial charge in [-0.2, -0.15) is 0 Å². The molecular weight excluding hydrogens is 231 g/mol. The van der Waals surface area contributed by atoms with E-state index in [2.05, 4.69) is 0 Å². The van der Waals surface area contributed by atoms with E-state index in [-0.39, 0.29) is 23.1 Å². The fourth-order valence-electron chi connectivity index (χ4n) is 1.81. The summed E-state index contributed by atoms with van der Waals surface area (Å²) in [6, 6.07) is 4.53. The van der Waals surface area contributed by atoms with Crippen molar-refractivity contribution >= 4 is 17.4 Å². The molecular formula is C12H12ClFO2. The standard InChI is InChI=1S/C12H12ClFO2/c13-12-8(2-1-3-10(12)14)6-11(15)9-4-5-16-7-9/h1-3,9H,4-7H2. The Morgan fingerprint density at radius 1 is 1.56 bits per heavy atom. The van der Waals surface area contributed by atoms with Crippen molar-refractivity contribution in [1.29, 1.82) is 0 Å². The van der Waals surface area contributed by atoms with E-state index in [0.29, 0.717) is 18.8 Å². The number of hydrogen-bond donors (Lipinski definition) is 0. The number of benzene rings is 1. The molecule has 0 saturated carbocycles. The lowest BCUT2D eigenvalue weighted by molar-refractivity contribution is -0.122. The van der Waals surface area contributed by atoms with Crippen LogP contribution >= 0.6 is 11.6 Å². The molecule has 0 N–H and O–H groups in total. The fourth-order valence-corrected chi connectivity index (χ4v) is 2.00. The number of ketones is 1. The van der Waals surface area contributed by atoms with Gasteiger partial charge in [0.2, 0.25) is 0 Å². The maximum absolute atomic E-state index is 13.1. The highest BCUT2D eigenvalue weighted by molar-refractivity contribution is 6.31. The molecule has 1 unspecified atom stereocenters. The van der Waals surface area contributed by atoms with Gasteiger partial charge in [-0.15, -0.1) is 0 Å². The molecule has 0 bridgehead atoms. The lowest BCUT2D eigenvalue weighted by Gasteiger charge is -2.08. The van der Waals surface area contributed by atoms with Crippen molar-refractivity contribution in [2.75, 3.05) is 13.2 Å². The van der Waals surface area contributed by atoms with Gasteiger partial charge < -0.3 is 4.74 Å². The summed E-state index contributed by atoms with van der Waals surface area (Å²) in [6.07, 6.45) is 0.941. The predicted octanol–water partition coefficient (Wildman–Crippen LogP) is 2.63. The van der Waals surface area contributed by atoms with E-state index in [1.165, 1.54) is 6.07 Å². The zero-order valence-corrected chi connectivity index (χ0v) is 9.47. The van der Waals surface area contributed by atoms with E-state index >= 15 is 0 Å². The Balaban J connectivity index is 2.08. The number of carbonyl (C=O) groups excluding carboxylic acids is 1. The summed E-state index contributed by atoms with van der Waals surface area (Å²) >= 11 is 5.79. The van der Waals surface area contributed by atoms with Crippen LogP contribution in [-0.4, -0.2) is 19.0 Å². The monoisotopic (exact) mass is 242 g/mol. The number of halogens is 2. The highest BCUT2D eigenvalue weighted by atomic mass is 35.5. The third kappa shape index (κ3) is 2.42. The summed E-state index contributed by atoms with van der Waals surface area (Å²) in [7, 11) is 0. The Kier molecular flexibility index (Phi) is 3.56. The van der Waals surface area contributed by atoms with Crippen LogP contribution in [0.5, 0.6) is 0 Å². The van der Waals surface area contributed by atoms with Crippen LogP contribution < -0.4 is 0 Å². The molecule has 0 aliphatic carbocycles. The molecule has 1 aromatic rings. The van der Waals surface area contributed by atoms with Crippen LogP contribution in [0, 0.1) is 11.7 Å². The molecule has 16 heavy (non-hydrogen) atoms. The van der Waals surface area contributed by atoms with E-state index in [1.807, 2.05) is 0 Å². The van der Waals surface area contributed by atoms with E-state index in [1.54, 1.807) is 12.1 Å². The minimum Gasteiger partial charge on any atom is -0.381 e. The SMILES string of the molecule is O=C(Cc1cccc(F)c1Cl)C1CCOC1. The number of Topliss-reactive ketones (excluding diaryl/α,β-unsaturated/α-hetero) is 1. The molecule has 2 nitrogen and oxygen atoms in total. The number of hydrogen-bond acceptors (Lipinski definition) is 2. The first-order chi connectivity index (χ1) is 7.68. The molecule has 0 spiro atoms. The molecule has 86 valence electrons. The van der Waals surface area contributed by atoms with Gasteiger partial charge in [-0.05, 0) is 18.1 Å². The molecule has 0 aromatic heterocycles. The Hall–Kier alpha value is -0.930. The van der Waals surface area contributed by atoms with Crippen molar-refractivity contribution in [3.63, 3.8) is 0 Å². The first-order valence-corrected chi connectivity index (χ1v) is 5.59. The van der Waals surface area contributed by atoms with Crippen LogP contribution in [0.25, 0.3) is 0 Å². The van der Waals surface area contributed by atoms with Crippen LogP contribution in [-0.2, 0) is 16.0 Å². The molecule has 2 rings (SSSR count). The molecule has 0 amide bonds. The summed E-state index contributed by atoms with van der Waals surface area (Å²) in [6.45, 7) is 1.11. The van der Waals surface area contributed by atoms with E-state index in [9.17, 15) is 9.18 Å². The summed E-state index contributed by atoms with van der Waals surface area (Å²) in [4.78, 5) is 11.8. The van der Waals surface area contributed by atoms with Crippen LogP contribution in [0.3, 0.4) is 0 Å². The first-order valence-electron chi connectivity index (χ1n) is 5.22. The zero-order chi connectivity index (χ0) is 11.5. The molecule has 1 aromatic carbocycles. The average molecular weight is 243 g/mol. The van der Waals surface area contributed by atoms with Gasteiger partial charge in [0.25, 0.3) is 0 Å². The minimum atomic E-state index is -0.477. The Morgan fingerprint density at radius 3 is 3.06 bits per heavy atom. The molecule has 1 aliphatic heterocycles. The molecule has 1 saturated heterocycles. The highest BCUT2D eigenvalue weighted by Crippen LogP contribution is 2.23. The van der Waals surface area contributed by atoms with Gasteiger partial charge in [0.1, 0.15) is 11.6 Å². The number of rotatable bonds is 3. The van der Waals surface area contributed by atoms with E-state index in [4.69, 9.17) is 16.3 Å². The summed E-state index contributed by atoms with van der Waals surface area (Å²) < 4.78 is 18.3. The van der Waals surface area contributed by atoms with Gasteiger partial charge >= 0.3 is 0 Å². The average Bonchev–Trinajstić information content (AvgIpc) is 2.78. The normalized spacial score (nSPS) is 20.0. The molecule has 1 heterocycles. The Bertz CT molecular complexity index is 400. The van der Waals surface area contributed by atoms with Gasteiger partial charge in [0.05, 0.1) is 11.6 Å². The first kappa shape index (κ1) is 11.6. The molecule has 1 aliphatic rings. The largest absolute Gasteiger partial charge is 0.381 e. The van der Waals surface area contributed by atoms with Crippen molar-refractivity contribution in [2.24, 2.45) is 5.92 Å². The van der Waals surface area contributed by atoms with Crippen molar-refractivity contribution in [1.82, 2.24) is 0 Å². The summed E-state index contributed by atoms with van der Waals surface area (Å²) in [5.74, 6) is -0.459. The molecule has 1 fully saturated rings. The van der Waals surface area contributed by atoms with Gasteiger partial charge in [-0.1, -0.05) is 23.7 Å². The predicted molar refractivity (Wildman–Crippen MR) is 59.0 cm³/mol. The van der Waals surface area contributed by atoms with Crippen molar-refractivity contribution in [3.05, 3.63) is 34.6 Å². The zero-order valence-electron chi connectivity index (χ0n) is 8.71. The van der Waals surface area contributed by atoms with Crippen LogP contribution in [0.2, 0.25) is 5.02 Å². The van der Waals surface area contributed by atoms with Crippen LogP contribution in [0.1, 0.15) is 12.0 Å². The van der Waals surface area contributed by atoms with Crippen molar-refractivity contribution in [3.8, 4) is 0 Å². The van der Waals surface area contributed by atoms with Gasteiger partial charge in [0, 0.05) is 18.9 Å². The smallest absolute Gasteiger partial charge is 0.142 e. The molecule has 0 radical (unpaired) electrons. The lowest BCUT2D eigenvalue weighted by atomic mass is 9.97.